The van der Waals surface area contributed by atoms with E-state index in [9.17, 15) is 0 Å². The number of hydrogen-bond acceptors (Lipinski definition) is 0. The lowest BCUT2D eigenvalue weighted by Gasteiger charge is -2.07. The Morgan fingerprint density at radius 2 is 1.22 bits per heavy atom. The van der Waals surface area contributed by atoms with Gasteiger partial charge in [-0.05, 0) is 47.8 Å². The Hall–Kier alpha value is 0.770. The smallest absolute Gasteiger partial charge is 0.174 e. The molecule has 1 nitrogen and oxygen atoms in total. The summed E-state index contributed by atoms with van der Waals surface area (Å²) in [6.45, 7) is 0.784. The van der Waals surface area contributed by atoms with Gasteiger partial charge in [-0.3, -0.25) is 0 Å². The summed E-state index contributed by atoms with van der Waals surface area (Å²) in [5, 5.41) is 0. The summed E-state index contributed by atoms with van der Waals surface area (Å²) in [6.07, 6.45) is 0. The molecule has 0 radical (unpaired) electrons. The first-order valence-corrected chi connectivity index (χ1v) is 8.94. The van der Waals surface area contributed by atoms with Crippen LogP contribution in [0, 0.1) is 0 Å². The molecule has 0 spiro atoms. The molecule has 0 N–H and O–H groups in total. The second kappa shape index (κ2) is 6.48. The zero-order valence-electron chi connectivity index (χ0n) is 8.93. The SMILES string of the molecule is Brc1c(Br)c(Br)[n+](Cc2ccccc2)c(Br)c1Br. The van der Waals surface area contributed by atoms with E-state index in [4.69, 9.17) is 0 Å². The molecule has 0 fully saturated rings. The van der Waals surface area contributed by atoms with Crippen LogP contribution in [-0.2, 0) is 6.54 Å². The first-order chi connectivity index (χ1) is 8.52. The van der Waals surface area contributed by atoms with Gasteiger partial charge in [-0.15, -0.1) is 0 Å². The fourth-order valence-electron chi connectivity index (χ4n) is 1.51. The van der Waals surface area contributed by atoms with Crippen LogP contribution < -0.4 is 4.57 Å². The topological polar surface area (TPSA) is 3.88 Å². The van der Waals surface area contributed by atoms with Crippen molar-refractivity contribution in [1.82, 2.24) is 0 Å². The third-order valence-electron chi connectivity index (χ3n) is 2.41. The van der Waals surface area contributed by atoms with Crippen LogP contribution >= 0.6 is 79.6 Å². The highest BCUT2D eigenvalue weighted by Gasteiger charge is 2.24. The lowest BCUT2D eigenvalue weighted by Crippen LogP contribution is -2.38. The molecule has 0 atom stereocenters. The van der Waals surface area contributed by atoms with Crippen molar-refractivity contribution < 1.29 is 4.57 Å². The van der Waals surface area contributed by atoms with Gasteiger partial charge in [-0.2, -0.15) is 4.57 Å². The van der Waals surface area contributed by atoms with E-state index in [0.29, 0.717) is 0 Å². The molecule has 0 unspecified atom stereocenters. The van der Waals surface area contributed by atoms with Gasteiger partial charge in [-0.25, -0.2) is 0 Å². The molecule has 0 saturated heterocycles. The first-order valence-electron chi connectivity index (χ1n) is 4.97. The van der Waals surface area contributed by atoms with Crippen molar-refractivity contribution in [3.05, 3.63) is 58.5 Å². The van der Waals surface area contributed by atoms with Crippen LogP contribution in [0.3, 0.4) is 0 Å². The van der Waals surface area contributed by atoms with Gasteiger partial charge >= 0.3 is 0 Å². The van der Waals surface area contributed by atoms with Crippen LogP contribution in [0.15, 0.2) is 53.0 Å². The summed E-state index contributed by atoms with van der Waals surface area (Å²) in [5.41, 5.74) is 1.24. The number of benzene rings is 1. The van der Waals surface area contributed by atoms with Gasteiger partial charge in [0.15, 0.2) is 6.54 Å². The predicted molar refractivity (Wildman–Crippen MR) is 90.7 cm³/mol. The van der Waals surface area contributed by atoms with Crippen molar-refractivity contribution in [1.29, 1.82) is 0 Å². The minimum Gasteiger partial charge on any atom is -0.174 e. The van der Waals surface area contributed by atoms with Crippen LogP contribution in [0.1, 0.15) is 5.56 Å². The Bertz CT molecular complexity index is 554. The average Bonchev–Trinajstić information content (AvgIpc) is 2.40. The van der Waals surface area contributed by atoms with E-state index in [1.807, 2.05) is 18.2 Å². The monoisotopic (exact) mass is 560 g/mol. The summed E-state index contributed by atoms with van der Waals surface area (Å²) in [7, 11) is 0. The molecular weight excluding hydrogens is 558 g/mol. The third-order valence-corrected chi connectivity index (χ3v) is 8.52. The van der Waals surface area contributed by atoms with Crippen molar-refractivity contribution in [2.24, 2.45) is 0 Å². The van der Waals surface area contributed by atoms with Gasteiger partial charge in [0.2, 0.25) is 0 Å². The van der Waals surface area contributed by atoms with Crippen molar-refractivity contribution in [3.63, 3.8) is 0 Å². The summed E-state index contributed by atoms with van der Waals surface area (Å²) < 4.78 is 7.03. The van der Waals surface area contributed by atoms with Crippen LogP contribution in [-0.4, -0.2) is 0 Å². The Morgan fingerprint density at radius 1 is 0.722 bits per heavy atom. The normalized spacial score (nSPS) is 10.7. The van der Waals surface area contributed by atoms with E-state index in [1.54, 1.807) is 0 Å². The van der Waals surface area contributed by atoms with Gasteiger partial charge in [0.25, 0.3) is 9.21 Å². The minimum atomic E-state index is 0.784. The number of pyridine rings is 1. The van der Waals surface area contributed by atoms with E-state index in [0.717, 1.165) is 29.2 Å². The highest BCUT2D eigenvalue weighted by Crippen LogP contribution is 2.38. The van der Waals surface area contributed by atoms with Gasteiger partial charge < -0.3 is 0 Å². The van der Waals surface area contributed by atoms with Gasteiger partial charge in [-0.1, -0.05) is 30.3 Å². The quantitative estimate of drug-likeness (QED) is 0.319. The molecule has 0 aliphatic carbocycles. The largest absolute Gasteiger partial charge is 0.264 e. The lowest BCUT2D eigenvalue weighted by atomic mass is 10.2. The zero-order valence-corrected chi connectivity index (χ0v) is 16.9. The predicted octanol–water partition coefficient (Wildman–Crippen LogP) is 5.83. The van der Waals surface area contributed by atoms with Crippen LogP contribution in [0.2, 0.25) is 0 Å². The van der Waals surface area contributed by atoms with Crippen molar-refractivity contribution >= 4 is 79.6 Å². The number of hydrogen-bond donors (Lipinski definition) is 0. The summed E-state index contributed by atoms with van der Waals surface area (Å²) in [6, 6.07) is 10.3. The second-order valence-corrected chi connectivity index (χ2v) is 7.48. The average molecular weight is 565 g/mol. The fourth-order valence-corrected chi connectivity index (χ4v) is 4.74. The highest BCUT2D eigenvalue weighted by atomic mass is 79.9. The zero-order chi connectivity index (χ0) is 13.3. The Kier molecular flexibility index (Phi) is 5.46. The van der Waals surface area contributed by atoms with Crippen LogP contribution in [0.5, 0.6) is 0 Å². The molecule has 0 saturated carbocycles. The molecule has 0 aliphatic rings. The lowest BCUT2D eigenvalue weighted by molar-refractivity contribution is -0.711. The molecule has 94 valence electrons. The van der Waals surface area contributed by atoms with Crippen LogP contribution in [0.25, 0.3) is 0 Å². The molecule has 18 heavy (non-hydrogen) atoms. The van der Waals surface area contributed by atoms with Gasteiger partial charge in [0.1, 0.15) is 8.95 Å². The number of halogens is 5. The first kappa shape index (κ1) is 15.2. The van der Waals surface area contributed by atoms with Gasteiger partial charge in [0, 0.05) is 37.4 Å². The molecule has 2 rings (SSSR count). The molecule has 1 heterocycles. The Labute approximate surface area is 148 Å². The molecule has 1 aromatic heterocycles. The van der Waals surface area contributed by atoms with E-state index in [1.165, 1.54) is 5.56 Å². The molecule has 6 heteroatoms. The standard InChI is InChI=1S/C12H7Br5N/c13-8-9(14)11(16)18(12(17)10(8)15)6-7-4-2-1-3-5-7/h1-5H,6H2/q+1. The number of aromatic nitrogens is 1. The maximum atomic E-state index is 3.61. The van der Waals surface area contributed by atoms with Crippen LogP contribution in [0.4, 0.5) is 0 Å². The van der Waals surface area contributed by atoms with E-state index < -0.39 is 0 Å². The Morgan fingerprint density at radius 3 is 1.72 bits per heavy atom. The second-order valence-electron chi connectivity index (χ2n) is 3.60. The summed E-state index contributed by atoms with van der Waals surface area (Å²) in [4.78, 5) is 0. The summed E-state index contributed by atoms with van der Waals surface area (Å²) in [5.74, 6) is 0. The van der Waals surface area contributed by atoms with E-state index in [-0.39, 0.29) is 0 Å². The molecule has 0 bridgehead atoms. The minimum absolute atomic E-state index is 0.784. The van der Waals surface area contributed by atoms with E-state index >= 15 is 0 Å². The fraction of sp³-hybridized carbons (Fsp3) is 0.0833. The number of rotatable bonds is 2. The molecule has 1 aromatic carbocycles. The van der Waals surface area contributed by atoms with E-state index in [2.05, 4.69) is 96.3 Å². The molecule has 0 aliphatic heterocycles. The van der Waals surface area contributed by atoms with Crippen molar-refractivity contribution in [2.45, 2.75) is 6.54 Å². The third kappa shape index (κ3) is 3.08. The molecular formula is C12H7Br5N+. The highest BCUT2D eigenvalue weighted by molar-refractivity contribution is 9.15. The van der Waals surface area contributed by atoms with Gasteiger partial charge in [0.05, 0.1) is 4.47 Å². The Balaban J connectivity index is 2.52. The molecule has 0 amide bonds. The maximum Gasteiger partial charge on any atom is 0.264 e. The van der Waals surface area contributed by atoms with Crippen molar-refractivity contribution in [2.75, 3.05) is 0 Å². The summed E-state index contributed by atoms with van der Waals surface area (Å²) >= 11 is 17.9. The molecule has 2 aromatic rings. The maximum absolute atomic E-state index is 3.61. The number of nitrogens with zero attached hydrogens (tertiary/aromatic N) is 1. The van der Waals surface area contributed by atoms with Crippen molar-refractivity contribution in [3.8, 4) is 0 Å².